The Morgan fingerprint density at radius 2 is 1.85 bits per heavy atom. The van der Waals surface area contributed by atoms with Crippen LogP contribution in [-0.2, 0) is 4.79 Å². The molecule has 2 heterocycles. The van der Waals surface area contributed by atoms with Crippen LogP contribution in [0, 0.1) is 0 Å². The molecule has 0 aromatic carbocycles. The number of carboxylic acid groups (broad SMARTS) is 1. The quantitative estimate of drug-likeness (QED) is 0.734. The molecule has 112 valence electrons. The van der Waals surface area contributed by atoms with Crippen molar-refractivity contribution in [3.05, 3.63) is 0 Å². The third-order valence-electron chi connectivity index (χ3n) is 3.75. The summed E-state index contributed by atoms with van der Waals surface area (Å²) in [4.78, 5) is 39.6. The average Bonchev–Trinajstić information content (AvgIpc) is 2.82. The predicted octanol–water partition coefficient (Wildman–Crippen LogP) is 0.306. The Labute approximate surface area is 117 Å². The third-order valence-corrected chi connectivity index (χ3v) is 3.75. The van der Waals surface area contributed by atoms with Gasteiger partial charge in [0.25, 0.3) is 0 Å². The van der Waals surface area contributed by atoms with Gasteiger partial charge in [0.05, 0.1) is 0 Å². The molecule has 2 atom stereocenters. The van der Waals surface area contributed by atoms with Gasteiger partial charge in [-0.15, -0.1) is 0 Å². The van der Waals surface area contributed by atoms with Crippen LogP contribution >= 0.6 is 0 Å². The van der Waals surface area contributed by atoms with Crippen LogP contribution in [-0.4, -0.2) is 69.8 Å². The molecule has 0 radical (unpaired) electrons. The molecule has 8 nitrogen and oxygen atoms in total. The van der Waals surface area contributed by atoms with Crippen LogP contribution < -0.4 is 5.32 Å². The summed E-state index contributed by atoms with van der Waals surface area (Å²) >= 11 is 0. The van der Waals surface area contributed by atoms with Gasteiger partial charge in [-0.1, -0.05) is 0 Å². The monoisotopic (exact) mass is 284 g/mol. The molecular weight excluding hydrogens is 264 g/mol. The predicted molar refractivity (Wildman–Crippen MR) is 69.8 cm³/mol. The summed E-state index contributed by atoms with van der Waals surface area (Å²) in [6.07, 6.45) is -0.290. The summed E-state index contributed by atoms with van der Waals surface area (Å²) < 4.78 is 0. The fourth-order valence-electron chi connectivity index (χ4n) is 2.84. The smallest absolute Gasteiger partial charge is 0.323 e. The zero-order valence-corrected chi connectivity index (χ0v) is 11.7. The summed E-state index contributed by atoms with van der Waals surface area (Å²) in [5.41, 5.74) is 0. The highest BCUT2D eigenvalue weighted by Gasteiger charge is 2.53. The van der Waals surface area contributed by atoms with E-state index in [1.165, 1.54) is 0 Å². The summed E-state index contributed by atoms with van der Waals surface area (Å²) in [7, 11) is 0. The normalized spacial score (nSPS) is 25.2. The number of hydrogen-bond acceptors (Lipinski definition) is 3. The van der Waals surface area contributed by atoms with Crippen LogP contribution in [0.15, 0.2) is 0 Å². The molecule has 20 heavy (non-hydrogen) atoms. The number of carbonyl (C=O) groups is 3. The van der Waals surface area contributed by atoms with Gasteiger partial charge in [-0.2, -0.15) is 0 Å². The molecule has 8 heteroatoms. The van der Waals surface area contributed by atoms with Gasteiger partial charge in [0.1, 0.15) is 12.3 Å². The number of likely N-dealkylation sites (N-methyl/N-ethyl adjacent to an activating group) is 2. The van der Waals surface area contributed by atoms with Gasteiger partial charge in [0.2, 0.25) is 0 Å². The van der Waals surface area contributed by atoms with E-state index in [9.17, 15) is 14.4 Å². The van der Waals surface area contributed by atoms with Crippen molar-refractivity contribution in [1.82, 2.24) is 20.0 Å². The lowest BCUT2D eigenvalue weighted by Crippen LogP contribution is -2.46. The van der Waals surface area contributed by atoms with Crippen molar-refractivity contribution in [3.63, 3.8) is 0 Å². The molecule has 2 rings (SSSR count). The van der Waals surface area contributed by atoms with E-state index in [2.05, 4.69) is 5.32 Å². The maximum absolute atomic E-state index is 12.2. The molecule has 0 aliphatic carbocycles. The fraction of sp³-hybridized carbons (Fsp3) is 0.750. The van der Waals surface area contributed by atoms with Gasteiger partial charge < -0.3 is 25.1 Å². The van der Waals surface area contributed by atoms with Crippen LogP contribution in [0.2, 0.25) is 0 Å². The fourth-order valence-corrected chi connectivity index (χ4v) is 2.84. The molecule has 2 aliphatic rings. The van der Waals surface area contributed by atoms with Gasteiger partial charge in [0.15, 0.2) is 0 Å². The molecule has 0 bridgehead atoms. The van der Waals surface area contributed by atoms with Crippen molar-refractivity contribution in [1.29, 1.82) is 0 Å². The number of nitrogens with one attached hydrogen (secondary N) is 1. The number of rotatable bonds is 6. The van der Waals surface area contributed by atoms with Crippen LogP contribution in [0.4, 0.5) is 9.59 Å². The van der Waals surface area contributed by atoms with Gasteiger partial charge >= 0.3 is 18.0 Å². The number of urea groups is 2. The highest BCUT2D eigenvalue weighted by molar-refractivity contribution is 5.85. The Morgan fingerprint density at radius 3 is 2.40 bits per heavy atom. The standard InChI is InChI=1S/C12H20N4O4/c1-3-14-9-10(15(4-2)12(14)20)16(11(19)13-9)7-5-6-8(17)18/h9-10H,3-7H2,1-2H3,(H,13,19)(H,17,18)/t9-,10+/m0/s1. The molecule has 0 aromatic heterocycles. The van der Waals surface area contributed by atoms with E-state index in [-0.39, 0.29) is 30.8 Å². The van der Waals surface area contributed by atoms with Gasteiger partial charge in [-0.3, -0.25) is 4.79 Å². The SMILES string of the molecule is CCN1C(=O)N(CC)[C@@H]2NC(=O)N(CCCC(=O)O)[C@H]21. The zero-order valence-electron chi connectivity index (χ0n) is 11.7. The van der Waals surface area contributed by atoms with Crippen LogP contribution in [0.3, 0.4) is 0 Å². The molecule has 2 fully saturated rings. The highest BCUT2D eigenvalue weighted by atomic mass is 16.4. The molecule has 0 saturated carbocycles. The van der Waals surface area contributed by atoms with E-state index in [1.807, 2.05) is 13.8 Å². The number of carboxylic acids is 1. The van der Waals surface area contributed by atoms with E-state index in [0.29, 0.717) is 26.1 Å². The summed E-state index contributed by atoms with van der Waals surface area (Å²) in [6, 6.07) is -0.331. The van der Waals surface area contributed by atoms with E-state index >= 15 is 0 Å². The maximum atomic E-state index is 12.2. The lowest BCUT2D eigenvalue weighted by Gasteiger charge is -2.28. The van der Waals surface area contributed by atoms with Crippen LogP contribution in [0.5, 0.6) is 0 Å². The van der Waals surface area contributed by atoms with Crippen molar-refractivity contribution >= 4 is 18.0 Å². The second kappa shape index (κ2) is 5.56. The number of carbonyl (C=O) groups excluding carboxylic acids is 2. The highest BCUT2D eigenvalue weighted by Crippen LogP contribution is 2.28. The second-order valence-corrected chi connectivity index (χ2v) is 4.85. The van der Waals surface area contributed by atoms with E-state index in [0.717, 1.165) is 0 Å². The first kappa shape index (κ1) is 14.4. The molecule has 2 aliphatic heterocycles. The molecule has 4 amide bonds. The molecule has 0 unspecified atom stereocenters. The summed E-state index contributed by atoms with van der Waals surface area (Å²) in [6.45, 7) is 5.11. The average molecular weight is 284 g/mol. The van der Waals surface area contributed by atoms with Gasteiger partial charge in [-0.05, 0) is 20.3 Å². The Hall–Kier alpha value is -1.99. The summed E-state index contributed by atoms with van der Waals surface area (Å²) in [5, 5.41) is 11.5. The Kier molecular flexibility index (Phi) is 4.01. The van der Waals surface area contributed by atoms with Crippen molar-refractivity contribution < 1.29 is 19.5 Å². The zero-order chi connectivity index (χ0) is 14.9. The minimum Gasteiger partial charge on any atom is -0.481 e. The molecule has 2 N–H and O–H groups in total. The largest absolute Gasteiger partial charge is 0.481 e. The topological polar surface area (TPSA) is 93.2 Å². The lowest BCUT2D eigenvalue weighted by atomic mass is 10.2. The Morgan fingerprint density at radius 1 is 1.20 bits per heavy atom. The first-order valence-corrected chi connectivity index (χ1v) is 6.87. The van der Waals surface area contributed by atoms with Gasteiger partial charge in [0, 0.05) is 26.1 Å². The first-order valence-electron chi connectivity index (χ1n) is 6.87. The van der Waals surface area contributed by atoms with E-state index in [4.69, 9.17) is 5.11 Å². The third kappa shape index (κ3) is 2.25. The van der Waals surface area contributed by atoms with Crippen molar-refractivity contribution in [2.45, 2.75) is 39.0 Å². The van der Waals surface area contributed by atoms with Crippen molar-refractivity contribution in [2.24, 2.45) is 0 Å². The van der Waals surface area contributed by atoms with Crippen molar-refractivity contribution in [2.75, 3.05) is 19.6 Å². The van der Waals surface area contributed by atoms with Crippen LogP contribution in [0.25, 0.3) is 0 Å². The Balaban J connectivity index is 2.11. The summed E-state index contributed by atoms with van der Waals surface area (Å²) in [5.74, 6) is -0.883. The van der Waals surface area contributed by atoms with E-state index < -0.39 is 5.97 Å². The number of nitrogens with zero attached hydrogens (tertiary/aromatic N) is 3. The first-order chi connectivity index (χ1) is 9.51. The Bertz CT molecular complexity index is 428. The second-order valence-electron chi connectivity index (χ2n) is 4.85. The number of amides is 4. The number of hydrogen-bond donors (Lipinski definition) is 2. The number of fused-ring (bicyclic) bond motifs is 1. The minimum absolute atomic E-state index is 0.0126. The molecule has 0 spiro atoms. The molecule has 0 aromatic rings. The van der Waals surface area contributed by atoms with Crippen molar-refractivity contribution in [3.8, 4) is 0 Å². The van der Waals surface area contributed by atoms with E-state index in [1.54, 1.807) is 14.7 Å². The molecular formula is C12H20N4O4. The number of aliphatic carboxylic acids is 1. The van der Waals surface area contributed by atoms with Crippen LogP contribution in [0.1, 0.15) is 26.7 Å². The minimum atomic E-state index is -0.883. The lowest BCUT2D eigenvalue weighted by molar-refractivity contribution is -0.137. The maximum Gasteiger partial charge on any atom is 0.323 e. The molecule has 2 saturated heterocycles. The van der Waals surface area contributed by atoms with Gasteiger partial charge in [-0.25, -0.2) is 9.59 Å².